The van der Waals surface area contributed by atoms with Crippen LogP contribution < -0.4 is 11.5 Å². The molecule has 0 bridgehead atoms. The molecule has 0 spiro atoms. The Morgan fingerprint density at radius 2 is 1.23 bits per heavy atom. The number of fused-ring (bicyclic) bond motifs is 2. The summed E-state index contributed by atoms with van der Waals surface area (Å²) in [7, 11) is 0. The molecule has 0 aliphatic rings. The van der Waals surface area contributed by atoms with Crippen molar-refractivity contribution in [3.63, 3.8) is 0 Å². The number of nitrogens with zero attached hydrogens (tertiary/aromatic N) is 8. The van der Waals surface area contributed by atoms with Crippen LogP contribution in [0.4, 0.5) is 11.9 Å². The second kappa shape index (κ2) is 10.7. The van der Waals surface area contributed by atoms with Crippen molar-refractivity contribution in [1.29, 1.82) is 0 Å². The second-order valence-electron chi connectivity index (χ2n) is 9.58. The number of aromatic nitrogens is 8. The molecule has 0 atom stereocenters. The lowest BCUT2D eigenvalue weighted by molar-refractivity contribution is 0.622. The molecule has 10 nitrogen and oxygen atoms in total. The number of nitrogens with two attached hydrogens (primary N) is 2. The summed E-state index contributed by atoms with van der Waals surface area (Å²) in [5, 5.41) is 2.63. The first kappa shape index (κ1) is 26.1. The predicted octanol–water partition coefficient (Wildman–Crippen LogP) is 5.97. The maximum atomic E-state index is 6.25. The Bertz CT molecular complexity index is 1770. The molecule has 11 heteroatoms. The van der Waals surface area contributed by atoms with Gasteiger partial charge in [0, 0.05) is 71.2 Å². The van der Waals surface area contributed by atoms with Gasteiger partial charge in [0.15, 0.2) is 5.15 Å². The van der Waals surface area contributed by atoms with Gasteiger partial charge in [-0.2, -0.15) is 0 Å². The summed E-state index contributed by atoms with van der Waals surface area (Å²) >= 11 is 6.25. The SMILES string of the molecule is CC(C)n1cc(-c2ccnc(N)n2)c2ccnc(Cl)c21.CC(C)n1cc(-c2ccnc(N)n2)c2ccncc21. The van der Waals surface area contributed by atoms with E-state index < -0.39 is 0 Å². The van der Waals surface area contributed by atoms with Crippen molar-refractivity contribution < 1.29 is 0 Å². The van der Waals surface area contributed by atoms with Crippen LogP contribution in [0, 0.1) is 0 Å². The third-order valence-corrected chi connectivity index (χ3v) is 6.62. The Morgan fingerprint density at radius 1 is 0.692 bits per heavy atom. The normalized spacial score (nSPS) is 11.4. The Hall–Kier alpha value is -4.57. The van der Waals surface area contributed by atoms with E-state index in [1.54, 1.807) is 24.8 Å². The first-order chi connectivity index (χ1) is 18.7. The molecule has 0 aliphatic carbocycles. The molecule has 0 radical (unpaired) electrons. The third kappa shape index (κ3) is 5.10. The smallest absolute Gasteiger partial charge is 0.220 e. The molecule has 0 amide bonds. The molecule has 0 saturated heterocycles. The quantitative estimate of drug-likeness (QED) is 0.261. The number of halogens is 1. The topological polar surface area (TPSA) is 139 Å². The molecule has 0 aliphatic heterocycles. The van der Waals surface area contributed by atoms with E-state index in [1.807, 2.05) is 36.7 Å². The largest absolute Gasteiger partial charge is 0.368 e. The minimum Gasteiger partial charge on any atom is -0.368 e. The summed E-state index contributed by atoms with van der Waals surface area (Å²) in [5.41, 5.74) is 17.0. The van der Waals surface area contributed by atoms with Crippen molar-refractivity contribution in [2.75, 3.05) is 11.5 Å². The second-order valence-corrected chi connectivity index (χ2v) is 9.94. The molecule has 6 aromatic rings. The van der Waals surface area contributed by atoms with Crippen molar-refractivity contribution in [2.45, 2.75) is 39.8 Å². The summed E-state index contributed by atoms with van der Waals surface area (Å²) in [4.78, 5) is 24.8. The van der Waals surface area contributed by atoms with E-state index in [4.69, 9.17) is 23.1 Å². The predicted molar refractivity (Wildman–Crippen MR) is 156 cm³/mol. The Balaban J connectivity index is 0.000000158. The highest BCUT2D eigenvalue weighted by Crippen LogP contribution is 2.34. The van der Waals surface area contributed by atoms with Crippen LogP contribution in [0.5, 0.6) is 0 Å². The fraction of sp³-hybridized carbons (Fsp3) is 0.214. The van der Waals surface area contributed by atoms with Crippen molar-refractivity contribution in [3.05, 3.63) is 72.8 Å². The zero-order chi connectivity index (χ0) is 27.7. The minimum atomic E-state index is 0.258. The average molecular weight is 541 g/mol. The lowest BCUT2D eigenvalue weighted by Crippen LogP contribution is -1.99. The molecular formula is C28H29ClN10. The summed E-state index contributed by atoms with van der Waals surface area (Å²) in [6.45, 7) is 8.48. The number of hydrogen-bond acceptors (Lipinski definition) is 8. The maximum Gasteiger partial charge on any atom is 0.220 e. The third-order valence-electron chi connectivity index (χ3n) is 6.35. The lowest BCUT2D eigenvalue weighted by Gasteiger charge is -2.09. The van der Waals surface area contributed by atoms with E-state index in [-0.39, 0.29) is 17.9 Å². The van der Waals surface area contributed by atoms with Crippen LogP contribution in [-0.4, -0.2) is 39.0 Å². The number of rotatable bonds is 4. The van der Waals surface area contributed by atoms with Gasteiger partial charge in [0.05, 0.1) is 28.6 Å². The molecule has 39 heavy (non-hydrogen) atoms. The van der Waals surface area contributed by atoms with Gasteiger partial charge in [0.2, 0.25) is 11.9 Å². The standard InChI is InChI=1S/C14H14ClN5.C14H15N5/c1-8(2)20-7-10(11-4-6-18-14(16)19-11)9-3-5-17-13(15)12(9)20;1-9(2)19-8-11(10-3-5-16-7-13(10)19)12-4-6-17-14(15)18-12/h3-8H,1-2H3,(H2,16,18,19);3-9H,1-2H3,(H2,15,17,18). The van der Waals surface area contributed by atoms with Gasteiger partial charge in [0.25, 0.3) is 0 Å². The van der Waals surface area contributed by atoms with Crippen LogP contribution in [-0.2, 0) is 0 Å². The van der Waals surface area contributed by atoms with Crippen LogP contribution in [0.1, 0.15) is 39.8 Å². The van der Waals surface area contributed by atoms with Crippen LogP contribution in [0.2, 0.25) is 5.15 Å². The van der Waals surface area contributed by atoms with Crippen molar-refractivity contribution >= 4 is 45.3 Å². The van der Waals surface area contributed by atoms with Gasteiger partial charge in [-0.1, -0.05) is 11.6 Å². The minimum absolute atomic E-state index is 0.258. The number of hydrogen-bond donors (Lipinski definition) is 2. The molecule has 0 aromatic carbocycles. The first-order valence-corrected chi connectivity index (χ1v) is 12.9. The van der Waals surface area contributed by atoms with E-state index in [9.17, 15) is 0 Å². The van der Waals surface area contributed by atoms with Gasteiger partial charge >= 0.3 is 0 Å². The van der Waals surface area contributed by atoms with E-state index in [0.29, 0.717) is 11.2 Å². The van der Waals surface area contributed by atoms with Crippen molar-refractivity contribution in [3.8, 4) is 22.5 Å². The summed E-state index contributed by atoms with van der Waals surface area (Å²) in [5.74, 6) is 0.546. The van der Waals surface area contributed by atoms with Gasteiger partial charge in [-0.3, -0.25) is 4.98 Å². The highest BCUT2D eigenvalue weighted by atomic mass is 35.5. The van der Waals surface area contributed by atoms with Crippen LogP contribution in [0.3, 0.4) is 0 Å². The number of nitrogen functional groups attached to an aromatic ring is 2. The fourth-order valence-electron chi connectivity index (χ4n) is 4.55. The van der Waals surface area contributed by atoms with E-state index in [2.05, 4.69) is 72.9 Å². The Labute approximate surface area is 230 Å². The monoisotopic (exact) mass is 540 g/mol. The fourth-order valence-corrected chi connectivity index (χ4v) is 4.81. The highest BCUT2D eigenvalue weighted by Gasteiger charge is 2.16. The first-order valence-electron chi connectivity index (χ1n) is 12.5. The van der Waals surface area contributed by atoms with Crippen LogP contribution >= 0.6 is 11.6 Å². The van der Waals surface area contributed by atoms with Gasteiger partial charge in [0.1, 0.15) is 0 Å². The Kier molecular flexibility index (Phi) is 7.12. The average Bonchev–Trinajstić information content (AvgIpc) is 3.50. The Morgan fingerprint density at radius 3 is 1.82 bits per heavy atom. The number of pyridine rings is 2. The van der Waals surface area contributed by atoms with E-state index in [0.717, 1.165) is 44.3 Å². The summed E-state index contributed by atoms with van der Waals surface area (Å²) in [6.07, 6.45) is 12.8. The molecule has 0 saturated carbocycles. The van der Waals surface area contributed by atoms with Gasteiger partial charge in [-0.05, 0) is 52.0 Å². The van der Waals surface area contributed by atoms with Crippen molar-refractivity contribution in [1.82, 2.24) is 39.0 Å². The molecule has 6 heterocycles. The van der Waals surface area contributed by atoms with E-state index in [1.165, 1.54) is 0 Å². The highest BCUT2D eigenvalue weighted by molar-refractivity contribution is 6.34. The van der Waals surface area contributed by atoms with Crippen LogP contribution in [0.25, 0.3) is 44.3 Å². The molecule has 6 aromatic heterocycles. The molecule has 4 N–H and O–H groups in total. The molecule has 6 rings (SSSR count). The lowest BCUT2D eigenvalue weighted by atomic mass is 10.1. The molecule has 198 valence electrons. The van der Waals surface area contributed by atoms with Gasteiger partial charge in [-0.15, -0.1) is 0 Å². The van der Waals surface area contributed by atoms with Crippen LogP contribution in [0.15, 0.2) is 67.6 Å². The molecule has 0 unspecified atom stereocenters. The molecule has 0 fully saturated rings. The van der Waals surface area contributed by atoms with Gasteiger partial charge < -0.3 is 20.6 Å². The van der Waals surface area contributed by atoms with Crippen molar-refractivity contribution in [2.24, 2.45) is 0 Å². The summed E-state index contributed by atoms with van der Waals surface area (Å²) in [6, 6.07) is 8.28. The maximum absolute atomic E-state index is 6.25. The molecular weight excluding hydrogens is 512 g/mol. The zero-order valence-corrected chi connectivity index (χ0v) is 22.9. The van der Waals surface area contributed by atoms with E-state index >= 15 is 0 Å². The zero-order valence-electron chi connectivity index (χ0n) is 22.1. The summed E-state index contributed by atoms with van der Waals surface area (Å²) < 4.78 is 4.29. The van der Waals surface area contributed by atoms with Gasteiger partial charge in [-0.25, -0.2) is 24.9 Å². The number of anilines is 2.